The third kappa shape index (κ3) is 2.59. The van der Waals surface area contributed by atoms with Gasteiger partial charge in [-0.1, -0.05) is 12.8 Å². The second kappa shape index (κ2) is 5.77. The summed E-state index contributed by atoms with van der Waals surface area (Å²) < 4.78 is 1.00. The van der Waals surface area contributed by atoms with Crippen LogP contribution < -0.4 is 5.32 Å². The van der Waals surface area contributed by atoms with Gasteiger partial charge in [-0.05, 0) is 35.7 Å². The van der Waals surface area contributed by atoms with Gasteiger partial charge in [0, 0.05) is 24.0 Å². The molecule has 0 bridgehead atoms. The smallest absolute Gasteiger partial charge is 0.191 e. The molecule has 20 heavy (non-hydrogen) atoms. The third-order valence-electron chi connectivity index (χ3n) is 3.67. The predicted molar refractivity (Wildman–Crippen MR) is 86.3 cm³/mol. The molecule has 1 aliphatic carbocycles. The van der Waals surface area contributed by atoms with Crippen LogP contribution in [-0.4, -0.2) is 22.0 Å². The van der Waals surface area contributed by atoms with Crippen LogP contribution in [0.3, 0.4) is 0 Å². The predicted octanol–water partition coefficient (Wildman–Crippen LogP) is 4.37. The summed E-state index contributed by atoms with van der Waals surface area (Å²) in [7, 11) is 1.89. The minimum Gasteiger partial charge on any atom is -0.372 e. The second-order valence-corrected chi connectivity index (χ2v) is 6.77. The molecule has 4 nitrogen and oxygen atoms in total. The molecule has 0 saturated heterocycles. The summed E-state index contributed by atoms with van der Waals surface area (Å²) in [5, 5.41) is 6.09. The van der Waals surface area contributed by atoms with Crippen LogP contribution in [-0.2, 0) is 0 Å². The molecule has 1 N–H and O–H groups in total. The van der Waals surface area contributed by atoms with Gasteiger partial charge in [0.15, 0.2) is 10.8 Å². The standard InChI is InChI=1S/C14H17BrN4S/c1-8-7-20-14(17-8)13-18-11(9-5-3-4-6-9)10(15)12(16-2)19-13/h7,9H,3-6H2,1-2H3,(H,16,18,19). The SMILES string of the molecule is CNc1nc(-c2nc(C)cs2)nc(C2CCCC2)c1Br. The Morgan fingerprint density at radius 2 is 2.00 bits per heavy atom. The molecule has 6 heteroatoms. The van der Waals surface area contributed by atoms with Gasteiger partial charge >= 0.3 is 0 Å². The Hall–Kier alpha value is -1.01. The quantitative estimate of drug-likeness (QED) is 0.890. The molecule has 1 aliphatic rings. The van der Waals surface area contributed by atoms with Crippen molar-refractivity contribution >= 4 is 33.1 Å². The van der Waals surface area contributed by atoms with Crippen LogP contribution in [0.15, 0.2) is 9.85 Å². The van der Waals surface area contributed by atoms with Gasteiger partial charge < -0.3 is 5.32 Å². The van der Waals surface area contributed by atoms with E-state index in [1.54, 1.807) is 11.3 Å². The lowest BCUT2D eigenvalue weighted by molar-refractivity contribution is 0.691. The fourth-order valence-electron chi connectivity index (χ4n) is 2.65. The highest BCUT2D eigenvalue weighted by Crippen LogP contribution is 2.39. The summed E-state index contributed by atoms with van der Waals surface area (Å²) in [6, 6.07) is 0. The minimum absolute atomic E-state index is 0.541. The Balaban J connectivity index is 2.09. The summed E-state index contributed by atoms with van der Waals surface area (Å²) in [6.07, 6.45) is 5.02. The molecule has 106 valence electrons. The molecule has 0 atom stereocenters. The monoisotopic (exact) mass is 352 g/mol. The molecule has 0 aliphatic heterocycles. The van der Waals surface area contributed by atoms with Gasteiger partial charge in [0.25, 0.3) is 0 Å². The summed E-state index contributed by atoms with van der Waals surface area (Å²) in [5.41, 5.74) is 2.15. The number of halogens is 1. The van der Waals surface area contributed by atoms with Gasteiger partial charge in [-0.3, -0.25) is 0 Å². The first-order chi connectivity index (χ1) is 9.69. The zero-order valence-corrected chi connectivity index (χ0v) is 14.0. The van der Waals surface area contributed by atoms with Crippen LogP contribution in [0.5, 0.6) is 0 Å². The van der Waals surface area contributed by atoms with E-state index < -0.39 is 0 Å². The number of nitrogens with zero attached hydrogens (tertiary/aromatic N) is 3. The van der Waals surface area contributed by atoms with Crippen LogP contribution in [0.25, 0.3) is 10.8 Å². The van der Waals surface area contributed by atoms with Gasteiger partial charge in [0.05, 0.1) is 10.2 Å². The highest BCUT2D eigenvalue weighted by Gasteiger charge is 2.24. The van der Waals surface area contributed by atoms with E-state index in [1.165, 1.54) is 25.7 Å². The molecule has 0 radical (unpaired) electrons. The number of hydrogen-bond acceptors (Lipinski definition) is 5. The van der Waals surface area contributed by atoms with E-state index in [4.69, 9.17) is 4.98 Å². The fraction of sp³-hybridized carbons (Fsp3) is 0.500. The van der Waals surface area contributed by atoms with Gasteiger partial charge in [-0.2, -0.15) is 0 Å². The molecule has 2 aromatic heterocycles. The molecular weight excluding hydrogens is 336 g/mol. The Labute approximate surface area is 131 Å². The molecule has 2 heterocycles. The van der Waals surface area contributed by atoms with Crippen LogP contribution in [0.2, 0.25) is 0 Å². The average molecular weight is 353 g/mol. The van der Waals surface area contributed by atoms with Crippen molar-refractivity contribution in [3.05, 3.63) is 21.2 Å². The van der Waals surface area contributed by atoms with Gasteiger partial charge in [-0.15, -0.1) is 11.3 Å². The van der Waals surface area contributed by atoms with Gasteiger partial charge in [0.1, 0.15) is 5.82 Å². The summed E-state index contributed by atoms with van der Waals surface area (Å²) in [6.45, 7) is 2.00. The van der Waals surface area contributed by atoms with Crippen molar-refractivity contribution in [1.82, 2.24) is 15.0 Å². The number of aryl methyl sites for hydroxylation is 1. The van der Waals surface area contributed by atoms with Crippen molar-refractivity contribution < 1.29 is 0 Å². The molecule has 0 amide bonds. The lowest BCUT2D eigenvalue weighted by atomic mass is 10.0. The first-order valence-electron chi connectivity index (χ1n) is 6.86. The van der Waals surface area contributed by atoms with E-state index in [2.05, 4.69) is 31.2 Å². The first kappa shape index (κ1) is 13.9. The normalized spacial score (nSPS) is 15.8. The highest BCUT2D eigenvalue weighted by atomic mass is 79.9. The molecule has 1 saturated carbocycles. The average Bonchev–Trinajstić information content (AvgIpc) is 3.10. The van der Waals surface area contributed by atoms with Crippen molar-refractivity contribution in [3.8, 4) is 10.8 Å². The van der Waals surface area contributed by atoms with Crippen LogP contribution in [0, 0.1) is 6.92 Å². The number of nitrogens with one attached hydrogen (secondary N) is 1. The Morgan fingerprint density at radius 1 is 1.25 bits per heavy atom. The molecule has 0 aromatic carbocycles. The number of anilines is 1. The summed E-state index contributed by atoms with van der Waals surface area (Å²) in [5.74, 6) is 2.13. The van der Waals surface area contributed by atoms with Crippen LogP contribution in [0.4, 0.5) is 5.82 Å². The van der Waals surface area contributed by atoms with E-state index in [1.807, 2.05) is 19.4 Å². The lowest BCUT2D eigenvalue weighted by Gasteiger charge is -2.14. The van der Waals surface area contributed by atoms with E-state index in [0.717, 1.165) is 32.5 Å². The molecule has 0 spiro atoms. The largest absolute Gasteiger partial charge is 0.372 e. The van der Waals surface area contributed by atoms with Crippen molar-refractivity contribution in [2.45, 2.75) is 38.5 Å². The van der Waals surface area contributed by atoms with Gasteiger partial charge in [0.2, 0.25) is 0 Å². The molecule has 3 rings (SSSR count). The van der Waals surface area contributed by atoms with E-state index in [-0.39, 0.29) is 0 Å². The fourth-order valence-corrected chi connectivity index (χ4v) is 4.08. The van der Waals surface area contributed by atoms with Crippen molar-refractivity contribution in [2.24, 2.45) is 0 Å². The van der Waals surface area contributed by atoms with Crippen molar-refractivity contribution in [2.75, 3.05) is 12.4 Å². The number of hydrogen-bond donors (Lipinski definition) is 1. The molecule has 1 fully saturated rings. The lowest BCUT2D eigenvalue weighted by Crippen LogP contribution is -2.06. The van der Waals surface area contributed by atoms with Crippen LogP contribution in [0.1, 0.15) is 43.0 Å². The zero-order valence-electron chi connectivity index (χ0n) is 11.6. The van der Waals surface area contributed by atoms with Crippen molar-refractivity contribution in [3.63, 3.8) is 0 Å². The first-order valence-corrected chi connectivity index (χ1v) is 8.54. The Morgan fingerprint density at radius 3 is 2.60 bits per heavy atom. The number of thiazole rings is 1. The maximum Gasteiger partial charge on any atom is 0.191 e. The molecule has 2 aromatic rings. The van der Waals surface area contributed by atoms with E-state index in [9.17, 15) is 0 Å². The third-order valence-corrected chi connectivity index (χ3v) is 5.40. The topological polar surface area (TPSA) is 50.7 Å². The van der Waals surface area contributed by atoms with E-state index in [0.29, 0.717) is 5.92 Å². The minimum atomic E-state index is 0.541. The van der Waals surface area contributed by atoms with Crippen molar-refractivity contribution in [1.29, 1.82) is 0 Å². The summed E-state index contributed by atoms with van der Waals surface area (Å²) >= 11 is 5.26. The van der Waals surface area contributed by atoms with E-state index >= 15 is 0 Å². The number of aromatic nitrogens is 3. The van der Waals surface area contributed by atoms with Gasteiger partial charge in [-0.25, -0.2) is 15.0 Å². The van der Waals surface area contributed by atoms with Crippen LogP contribution >= 0.6 is 27.3 Å². The highest BCUT2D eigenvalue weighted by molar-refractivity contribution is 9.10. The molecular formula is C14H17BrN4S. The molecule has 0 unspecified atom stereocenters. The Kier molecular flexibility index (Phi) is 4.03. The second-order valence-electron chi connectivity index (χ2n) is 5.12. The summed E-state index contributed by atoms with van der Waals surface area (Å²) in [4.78, 5) is 13.9. The zero-order chi connectivity index (χ0) is 14.1. The maximum atomic E-state index is 4.80. The number of rotatable bonds is 3. The Bertz CT molecular complexity index is 620. The maximum absolute atomic E-state index is 4.80.